The number of hydrogen-bond donors (Lipinski definition) is 3. The molecule has 0 saturated carbocycles. The molecule has 0 spiro atoms. The van der Waals surface area contributed by atoms with Crippen LogP contribution in [-0.2, 0) is 6.61 Å². The molecule has 0 aliphatic heterocycles. The predicted octanol–water partition coefficient (Wildman–Crippen LogP) is 7.93. The Kier molecular flexibility index (Phi) is 10.3. The highest BCUT2D eigenvalue weighted by atomic mass is 35.5. The number of aromatic nitrogens is 3. The van der Waals surface area contributed by atoms with Crippen LogP contribution in [0, 0.1) is 0 Å². The highest BCUT2D eigenvalue weighted by Gasteiger charge is 2.11. The molecular formula is C31H28Cl3N7O2. The van der Waals surface area contributed by atoms with Crippen LogP contribution in [-0.4, -0.2) is 45.8 Å². The Labute approximate surface area is 264 Å². The summed E-state index contributed by atoms with van der Waals surface area (Å²) < 4.78 is 5.82. The second-order valence-electron chi connectivity index (χ2n) is 9.33. The molecule has 0 bridgehead atoms. The fourth-order valence-electron chi connectivity index (χ4n) is 4.32. The molecule has 3 aromatic carbocycles. The van der Waals surface area contributed by atoms with E-state index in [0.717, 1.165) is 16.8 Å². The van der Waals surface area contributed by atoms with Crippen LogP contribution in [0.15, 0.2) is 91.4 Å². The Morgan fingerprint density at radius 2 is 1.56 bits per heavy atom. The van der Waals surface area contributed by atoms with E-state index in [1.54, 1.807) is 24.4 Å². The zero-order valence-corrected chi connectivity index (χ0v) is 25.2. The number of pyridine rings is 1. The van der Waals surface area contributed by atoms with E-state index in [0.29, 0.717) is 70.6 Å². The number of hydrogen-bond acceptors (Lipinski definition) is 7. The van der Waals surface area contributed by atoms with Crippen LogP contribution in [0.3, 0.4) is 0 Å². The summed E-state index contributed by atoms with van der Waals surface area (Å²) in [6.07, 6.45) is 3.19. The first-order valence-corrected chi connectivity index (χ1v) is 14.9. The van der Waals surface area contributed by atoms with Crippen LogP contribution >= 0.6 is 34.8 Å². The van der Waals surface area contributed by atoms with Gasteiger partial charge in [0.1, 0.15) is 24.5 Å². The minimum atomic E-state index is -0.384. The number of carbonyl (C=O) groups is 1. The van der Waals surface area contributed by atoms with Gasteiger partial charge in [-0.25, -0.2) is 14.8 Å². The third kappa shape index (κ3) is 8.16. The first kappa shape index (κ1) is 30.2. The zero-order valence-electron chi connectivity index (χ0n) is 22.9. The molecule has 0 aliphatic carbocycles. The number of rotatable bonds is 12. The number of fused-ring (bicyclic) bond motifs is 1. The van der Waals surface area contributed by atoms with Crippen molar-refractivity contribution in [3.63, 3.8) is 0 Å². The summed E-state index contributed by atoms with van der Waals surface area (Å²) in [5, 5.41) is 10.2. The number of benzene rings is 3. The lowest BCUT2D eigenvalue weighted by Crippen LogP contribution is -2.27. The number of anilines is 5. The first-order chi connectivity index (χ1) is 21.0. The summed E-state index contributed by atoms with van der Waals surface area (Å²) in [7, 11) is 0. The molecule has 9 nitrogen and oxygen atoms in total. The van der Waals surface area contributed by atoms with E-state index >= 15 is 0 Å². The molecule has 0 atom stereocenters. The van der Waals surface area contributed by atoms with Crippen LogP contribution in [0.25, 0.3) is 10.9 Å². The predicted molar refractivity (Wildman–Crippen MR) is 176 cm³/mol. The summed E-state index contributed by atoms with van der Waals surface area (Å²) in [5.74, 6) is 2.09. The van der Waals surface area contributed by atoms with E-state index in [4.69, 9.17) is 39.5 Å². The summed E-state index contributed by atoms with van der Waals surface area (Å²) in [6, 6.07) is 23.6. The topological polar surface area (TPSA) is 104 Å². The van der Waals surface area contributed by atoms with Gasteiger partial charge in [-0.3, -0.25) is 4.98 Å². The molecule has 0 fully saturated rings. The molecule has 220 valence electrons. The number of halogens is 3. The van der Waals surface area contributed by atoms with Crippen LogP contribution in [0.4, 0.5) is 33.4 Å². The number of amides is 2. The average molecular weight is 637 g/mol. The molecule has 12 heteroatoms. The fourth-order valence-corrected chi connectivity index (χ4v) is 4.97. The summed E-state index contributed by atoms with van der Waals surface area (Å²) in [5.41, 5.74) is 4.43. The fraction of sp³-hybridized carbons (Fsp3) is 0.161. The average Bonchev–Trinajstić information content (AvgIpc) is 3.02. The maximum atomic E-state index is 12.8. The quantitative estimate of drug-likeness (QED) is 0.120. The third-order valence-corrected chi connectivity index (χ3v) is 7.02. The van der Waals surface area contributed by atoms with Gasteiger partial charge in [0, 0.05) is 59.2 Å². The van der Waals surface area contributed by atoms with E-state index in [9.17, 15) is 4.79 Å². The number of alkyl halides is 2. The van der Waals surface area contributed by atoms with Gasteiger partial charge in [-0.15, -0.1) is 23.2 Å². The van der Waals surface area contributed by atoms with Gasteiger partial charge < -0.3 is 25.6 Å². The SMILES string of the molecule is O=C(Nc1ccc(N(CCCl)CCCl)cc1)Nc1ccc2ncnc(Nc3ccc(OCc4ccccn4)c(Cl)c3)c2c1. The molecule has 2 heterocycles. The van der Waals surface area contributed by atoms with Crippen molar-refractivity contribution in [2.24, 2.45) is 0 Å². The van der Waals surface area contributed by atoms with Gasteiger partial charge in [0.2, 0.25) is 0 Å². The number of ether oxygens (including phenoxy) is 1. The Morgan fingerprint density at radius 3 is 2.28 bits per heavy atom. The standard InChI is InChI=1S/C31H28Cl3N7O2/c32-12-15-41(16-13-33)25-8-4-21(5-9-25)39-31(42)40-22-6-10-28-26(17-22)30(37-20-36-28)38-23-7-11-29(27(34)18-23)43-19-24-3-1-2-14-35-24/h1-11,14,17-18,20H,12-13,15-16,19H2,(H,36,37,38)(H2,39,40,42). The highest BCUT2D eigenvalue weighted by Crippen LogP contribution is 2.31. The molecule has 0 aliphatic rings. The molecule has 0 saturated heterocycles. The maximum Gasteiger partial charge on any atom is 0.323 e. The van der Waals surface area contributed by atoms with E-state index in [1.165, 1.54) is 6.33 Å². The Hall–Kier alpha value is -4.31. The monoisotopic (exact) mass is 635 g/mol. The molecule has 3 N–H and O–H groups in total. The van der Waals surface area contributed by atoms with Gasteiger partial charge in [-0.05, 0) is 72.8 Å². The second-order valence-corrected chi connectivity index (χ2v) is 10.5. The van der Waals surface area contributed by atoms with Crippen molar-refractivity contribution in [3.05, 3.63) is 102 Å². The Morgan fingerprint density at radius 1 is 0.814 bits per heavy atom. The molecule has 2 aromatic heterocycles. The summed E-state index contributed by atoms with van der Waals surface area (Å²) >= 11 is 18.3. The van der Waals surface area contributed by atoms with Gasteiger partial charge in [-0.1, -0.05) is 17.7 Å². The van der Waals surface area contributed by atoms with Crippen molar-refractivity contribution < 1.29 is 9.53 Å². The van der Waals surface area contributed by atoms with Gasteiger partial charge in [0.15, 0.2) is 0 Å². The Bertz CT molecular complexity index is 1670. The number of carbonyl (C=O) groups excluding carboxylic acids is 1. The van der Waals surface area contributed by atoms with Gasteiger partial charge in [0.05, 0.1) is 16.2 Å². The van der Waals surface area contributed by atoms with Gasteiger partial charge in [0.25, 0.3) is 0 Å². The van der Waals surface area contributed by atoms with Crippen molar-refractivity contribution in [3.8, 4) is 5.75 Å². The summed E-state index contributed by atoms with van der Waals surface area (Å²) in [6.45, 7) is 1.67. The molecule has 5 aromatic rings. The lowest BCUT2D eigenvalue weighted by molar-refractivity contribution is 0.262. The molecule has 0 unspecified atom stereocenters. The normalized spacial score (nSPS) is 10.8. The highest BCUT2D eigenvalue weighted by molar-refractivity contribution is 6.32. The second kappa shape index (κ2) is 14.7. The van der Waals surface area contributed by atoms with Crippen LogP contribution < -0.4 is 25.6 Å². The number of nitrogens with one attached hydrogen (secondary N) is 3. The van der Waals surface area contributed by atoms with E-state index in [2.05, 4.69) is 35.8 Å². The minimum absolute atomic E-state index is 0.306. The van der Waals surface area contributed by atoms with Gasteiger partial charge in [-0.2, -0.15) is 0 Å². The van der Waals surface area contributed by atoms with Crippen molar-refractivity contribution >= 4 is 80.3 Å². The van der Waals surface area contributed by atoms with Crippen LogP contribution in [0.2, 0.25) is 5.02 Å². The van der Waals surface area contributed by atoms with Gasteiger partial charge >= 0.3 is 6.03 Å². The molecular weight excluding hydrogens is 609 g/mol. The number of nitrogens with zero attached hydrogens (tertiary/aromatic N) is 4. The molecule has 43 heavy (non-hydrogen) atoms. The van der Waals surface area contributed by atoms with E-state index in [1.807, 2.05) is 60.7 Å². The largest absolute Gasteiger partial charge is 0.486 e. The number of urea groups is 1. The lowest BCUT2D eigenvalue weighted by atomic mass is 10.2. The Balaban J connectivity index is 1.24. The van der Waals surface area contributed by atoms with Crippen LogP contribution in [0.5, 0.6) is 5.75 Å². The molecule has 2 amide bonds. The van der Waals surface area contributed by atoms with Crippen molar-refractivity contribution in [1.29, 1.82) is 0 Å². The first-order valence-electron chi connectivity index (χ1n) is 13.4. The maximum absolute atomic E-state index is 12.8. The van der Waals surface area contributed by atoms with E-state index < -0.39 is 0 Å². The molecule has 5 rings (SSSR count). The lowest BCUT2D eigenvalue weighted by Gasteiger charge is -2.23. The summed E-state index contributed by atoms with van der Waals surface area (Å²) in [4.78, 5) is 27.9. The van der Waals surface area contributed by atoms with Crippen LogP contribution in [0.1, 0.15) is 5.69 Å². The van der Waals surface area contributed by atoms with Crippen molar-refractivity contribution in [2.45, 2.75) is 6.61 Å². The van der Waals surface area contributed by atoms with Crippen molar-refractivity contribution in [1.82, 2.24) is 15.0 Å². The van der Waals surface area contributed by atoms with Crippen molar-refractivity contribution in [2.75, 3.05) is 45.7 Å². The van der Waals surface area contributed by atoms with E-state index in [-0.39, 0.29) is 6.03 Å². The molecule has 0 radical (unpaired) electrons. The smallest absolute Gasteiger partial charge is 0.323 e. The zero-order chi connectivity index (χ0) is 30.0. The third-order valence-electron chi connectivity index (χ3n) is 6.39. The minimum Gasteiger partial charge on any atom is -0.486 e.